The summed E-state index contributed by atoms with van der Waals surface area (Å²) in [6, 6.07) is 6.34. The van der Waals surface area contributed by atoms with Gasteiger partial charge in [-0.1, -0.05) is 17.7 Å². The minimum absolute atomic E-state index is 0.211. The zero-order valence-corrected chi connectivity index (χ0v) is 17.5. The zero-order valence-electron chi connectivity index (χ0n) is 14.4. The van der Waals surface area contributed by atoms with Gasteiger partial charge in [-0.25, -0.2) is 23.1 Å². The molecule has 4 rings (SSSR count). The van der Waals surface area contributed by atoms with E-state index >= 15 is 0 Å². The molecule has 27 heavy (non-hydrogen) atoms. The highest BCUT2D eigenvalue weighted by molar-refractivity contribution is 9.10. The van der Waals surface area contributed by atoms with E-state index in [9.17, 15) is 8.42 Å². The van der Waals surface area contributed by atoms with Gasteiger partial charge in [-0.05, 0) is 34.1 Å². The first-order valence-corrected chi connectivity index (χ1v) is 10.8. The Labute approximate surface area is 169 Å². The molecular formula is C16H16BrClN6O2S. The Bertz CT molecular complexity index is 1110. The highest BCUT2D eigenvalue weighted by Gasteiger charge is 2.30. The van der Waals surface area contributed by atoms with Gasteiger partial charge < -0.3 is 4.90 Å². The van der Waals surface area contributed by atoms with Gasteiger partial charge in [-0.3, -0.25) is 0 Å². The standard InChI is InChI=1S/C16H16BrClN6O2S/c1-22-15-13(14(17)21-22)16(20-10-19-15)23-5-7-24(8-6-23)27(25,26)12-4-2-3-11(18)9-12/h2-4,9-10H,5-8H2,1H3. The number of hydrogen-bond donors (Lipinski definition) is 0. The first-order valence-electron chi connectivity index (χ1n) is 8.22. The van der Waals surface area contributed by atoms with Crippen molar-refractivity contribution in [2.24, 2.45) is 7.05 Å². The summed E-state index contributed by atoms with van der Waals surface area (Å²) in [5.74, 6) is 0.750. The number of piperazine rings is 1. The average Bonchev–Trinajstić information content (AvgIpc) is 2.96. The predicted octanol–water partition coefficient (Wildman–Crippen LogP) is 2.29. The third-order valence-corrected chi connectivity index (χ3v) is 7.21. The number of aromatic nitrogens is 4. The van der Waals surface area contributed by atoms with Crippen molar-refractivity contribution < 1.29 is 8.42 Å². The predicted molar refractivity (Wildman–Crippen MR) is 106 cm³/mol. The van der Waals surface area contributed by atoms with Gasteiger partial charge in [-0.15, -0.1) is 0 Å². The van der Waals surface area contributed by atoms with Crippen LogP contribution < -0.4 is 4.90 Å². The van der Waals surface area contributed by atoms with Gasteiger partial charge in [-0.2, -0.15) is 9.40 Å². The van der Waals surface area contributed by atoms with E-state index in [1.54, 1.807) is 22.9 Å². The number of benzene rings is 1. The molecule has 8 nitrogen and oxygen atoms in total. The molecule has 1 aliphatic rings. The molecule has 0 aliphatic carbocycles. The molecule has 142 valence electrons. The molecule has 1 aliphatic heterocycles. The number of aryl methyl sites for hydroxylation is 1. The van der Waals surface area contributed by atoms with Crippen LogP contribution in [0.2, 0.25) is 5.02 Å². The van der Waals surface area contributed by atoms with Crippen molar-refractivity contribution in [1.29, 1.82) is 0 Å². The van der Waals surface area contributed by atoms with Gasteiger partial charge in [0.25, 0.3) is 0 Å². The van der Waals surface area contributed by atoms with Gasteiger partial charge in [0.05, 0.1) is 10.3 Å². The van der Waals surface area contributed by atoms with E-state index in [1.807, 2.05) is 7.05 Å². The van der Waals surface area contributed by atoms with E-state index in [2.05, 4.69) is 35.9 Å². The number of anilines is 1. The van der Waals surface area contributed by atoms with Gasteiger partial charge in [0.15, 0.2) is 5.65 Å². The molecule has 11 heteroatoms. The first-order chi connectivity index (χ1) is 12.9. The second-order valence-electron chi connectivity index (χ2n) is 6.16. The molecule has 0 atom stereocenters. The van der Waals surface area contributed by atoms with Crippen LogP contribution in [0.5, 0.6) is 0 Å². The largest absolute Gasteiger partial charge is 0.353 e. The fraction of sp³-hybridized carbons (Fsp3) is 0.312. The molecule has 0 saturated carbocycles. The smallest absolute Gasteiger partial charge is 0.243 e. The first kappa shape index (κ1) is 18.6. The molecule has 0 amide bonds. The maximum absolute atomic E-state index is 12.9. The lowest BCUT2D eigenvalue weighted by Crippen LogP contribution is -2.49. The van der Waals surface area contributed by atoms with Crippen LogP contribution in [-0.2, 0) is 17.1 Å². The molecule has 1 fully saturated rings. The SMILES string of the molecule is Cn1nc(Br)c2c(N3CCN(S(=O)(=O)c4cccc(Cl)c4)CC3)ncnc21. The van der Waals surface area contributed by atoms with E-state index in [1.165, 1.54) is 16.7 Å². The van der Waals surface area contributed by atoms with Crippen LogP contribution in [0.4, 0.5) is 5.82 Å². The van der Waals surface area contributed by atoms with Crippen molar-refractivity contribution in [3.8, 4) is 0 Å². The number of fused-ring (bicyclic) bond motifs is 1. The molecule has 0 radical (unpaired) electrons. The third kappa shape index (κ3) is 3.31. The minimum Gasteiger partial charge on any atom is -0.353 e. The van der Waals surface area contributed by atoms with Crippen molar-refractivity contribution in [3.63, 3.8) is 0 Å². The topological polar surface area (TPSA) is 84.2 Å². The van der Waals surface area contributed by atoms with Crippen LogP contribution in [0.15, 0.2) is 40.1 Å². The molecule has 3 heterocycles. The number of rotatable bonds is 3. The lowest BCUT2D eigenvalue weighted by atomic mass is 10.3. The lowest BCUT2D eigenvalue weighted by molar-refractivity contribution is 0.384. The van der Waals surface area contributed by atoms with Gasteiger partial charge >= 0.3 is 0 Å². The summed E-state index contributed by atoms with van der Waals surface area (Å²) in [7, 11) is -1.75. The number of sulfonamides is 1. The van der Waals surface area contributed by atoms with Crippen molar-refractivity contribution in [3.05, 3.63) is 40.2 Å². The summed E-state index contributed by atoms with van der Waals surface area (Å²) in [4.78, 5) is 10.9. The van der Waals surface area contributed by atoms with E-state index in [0.29, 0.717) is 35.8 Å². The summed E-state index contributed by atoms with van der Waals surface area (Å²) >= 11 is 9.41. The molecule has 1 saturated heterocycles. The molecule has 1 aromatic carbocycles. The van der Waals surface area contributed by atoms with E-state index in [-0.39, 0.29) is 4.90 Å². The van der Waals surface area contributed by atoms with E-state index in [0.717, 1.165) is 16.9 Å². The summed E-state index contributed by atoms with van der Waals surface area (Å²) in [6.07, 6.45) is 1.50. The Kier molecular flexibility index (Phi) is 4.83. The number of hydrogen-bond acceptors (Lipinski definition) is 6. The van der Waals surface area contributed by atoms with Gasteiger partial charge in [0.2, 0.25) is 10.0 Å². The second kappa shape index (κ2) is 7.01. The monoisotopic (exact) mass is 470 g/mol. The van der Waals surface area contributed by atoms with E-state index in [4.69, 9.17) is 11.6 Å². The average molecular weight is 472 g/mol. The second-order valence-corrected chi connectivity index (χ2v) is 9.28. The van der Waals surface area contributed by atoms with Crippen LogP contribution in [0, 0.1) is 0 Å². The maximum atomic E-state index is 12.9. The molecule has 0 bridgehead atoms. The molecule has 3 aromatic rings. The van der Waals surface area contributed by atoms with Crippen molar-refractivity contribution in [1.82, 2.24) is 24.1 Å². The summed E-state index contributed by atoms with van der Waals surface area (Å²) < 4.78 is 29.5. The Morgan fingerprint density at radius 2 is 1.89 bits per heavy atom. The Hall–Kier alpha value is -1.75. The molecular weight excluding hydrogens is 456 g/mol. The summed E-state index contributed by atoms with van der Waals surface area (Å²) in [5, 5.41) is 5.56. The van der Waals surface area contributed by atoms with Crippen LogP contribution >= 0.6 is 27.5 Å². The van der Waals surface area contributed by atoms with Gasteiger partial charge in [0, 0.05) is 38.2 Å². The molecule has 2 aromatic heterocycles. The zero-order chi connectivity index (χ0) is 19.2. The van der Waals surface area contributed by atoms with E-state index < -0.39 is 10.0 Å². The maximum Gasteiger partial charge on any atom is 0.243 e. The highest BCUT2D eigenvalue weighted by Crippen LogP contribution is 2.30. The van der Waals surface area contributed by atoms with Crippen molar-refractivity contribution >= 4 is 54.4 Å². The number of nitrogens with zero attached hydrogens (tertiary/aromatic N) is 6. The Morgan fingerprint density at radius 1 is 1.15 bits per heavy atom. The Morgan fingerprint density at radius 3 is 2.59 bits per heavy atom. The highest BCUT2D eigenvalue weighted by atomic mass is 79.9. The molecule has 0 N–H and O–H groups in total. The quantitative estimate of drug-likeness (QED) is 0.583. The van der Waals surface area contributed by atoms with Crippen LogP contribution in [-0.4, -0.2) is 58.7 Å². The molecule has 0 unspecified atom stereocenters. The fourth-order valence-electron chi connectivity index (χ4n) is 3.18. The fourth-order valence-corrected chi connectivity index (χ4v) is 5.50. The lowest BCUT2D eigenvalue weighted by Gasteiger charge is -2.34. The van der Waals surface area contributed by atoms with Crippen molar-refractivity contribution in [2.75, 3.05) is 31.1 Å². The summed E-state index contributed by atoms with van der Waals surface area (Å²) in [5.41, 5.74) is 0.723. The number of halogens is 2. The summed E-state index contributed by atoms with van der Waals surface area (Å²) in [6.45, 7) is 1.76. The van der Waals surface area contributed by atoms with Crippen molar-refractivity contribution in [2.45, 2.75) is 4.90 Å². The van der Waals surface area contributed by atoms with Crippen LogP contribution in [0.1, 0.15) is 0 Å². The van der Waals surface area contributed by atoms with Crippen LogP contribution in [0.25, 0.3) is 11.0 Å². The third-order valence-electron chi connectivity index (χ3n) is 4.53. The van der Waals surface area contributed by atoms with Gasteiger partial charge in [0.1, 0.15) is 16.7 Å². The molecule has 0 spiro atoms. The normalized spacial score (nSPS) is 16.2. The minimum atomic E-state index is -3.57. The Balaban J connectivity index is 1.58. The van der Waals surface area contributed by atoms with Crippen LogP contribution in [0.3, 0.4) is 0 Å².